The average Bonchev–Trinajstić information content (AvgIpc) is 3.01. The van der Waals surface area contributed by atoms with E-state index in [4.69, 9.17) is 18.6 Å². The number of carbonyl (C=O) groups excluding carboxylic acids is 1. The van der Waals surface area contributed by atoms with Crippen LogP contribution in [0, 0.1) is 0 Å². The van der Waals surface area contributed by atoms with E-state index in [9.17, 15) is 55.5 Å². The van der Waals surface area contributed by atoms with Gasteiger partial charge in [-0.3, -0.25) is 4.79 Å². The number of benzene rings is 3. The van der Waals surface area contributed by atoms with Crippen LogP contribution in [0.5, 0.6) is 40.2 Å². The minimum atomic E-state index is -1.93. The van der Waals surface area contributed by atoms with Crippen molar-refractivity contribution in [2.75, 3.05) is 6.61 Å². The first kappa shape index (κ1) is 31.0. The Bertz CT molecular complexity index is 1830. The Balaban J connectivity index is 1.36. The van der Waals surface area contributed by atoms with Crippen molar-refractivity contribution in [3.05, 3.63) is 70.4 Å². The monoisotopic (exact) mass is 626 g/mol. The maximum Gasteiger partial charge on any atom is 0.330 e. The molecule has 1 aliphatic heterocycles. The summed E-state index contributed by atoms with van der Waals surface area (Å²) in [6, 6.07) is 9.99. The number of aromatic hydroxyl groups is 6. The topological polar surface area (TPSA) is 257 Å². The number of esters is 1. The third-order valence-electron chi connectivity index (χ3n) is 6.91. The van der Waals surface area contributed by atoms with Gasteiger partial charge in [0.25, 0.3) is 0 Å². The van der Waals surface area contributed by atoms with E-state index < -0.39 is 82.8 Å². The van der Waals surface area contributed by atoms with Gasteiger partial charge in [-0.25, -0.2) is 4.79 Å². The third kappa shape index (κ3) is 6.13. The fourth-order valence-electron chi connectivity index (χ4n) is 4.49. The van der Waals surface area contributed by atoms with Gasteiger partial charge in [0, 0.05) is 17.7 Å². The van der Waals surface area contributed by atoms with Crippen LogP contribution in [0.15, 0.2) is 63.8 Å². The molecule has 5 rings (SSSR count). The standard InChI is InChI=1S/C30H26O15/c31-14-5-3-13(4-6-14)29-27(40)25(38)21-17(43-29)10-18(22(35)24(21)37)44-30-28(41)26(39)23(36)19(45-30)11-42-20(34)8-2-12-1-7-15(32)16(33)9-12/h1-10,19,23,26,28,30-33,35-37,39-41H,11H2/t19-,23-,26+,28-,30-/m0/s1. The van der Waals surface area contributed by atoms with Gasteiger partial charge in [-0.1, -0.05) is 6.07 Å². The van der Waals surface area contributed by atoms with Gasteiger partial charge in [-0.15, -0.1) is 0 Å². The minimum Gasteiger partial charge on any atom is -0.508 e. The highest BCUT2D eigenvalue weighted by Gasteiger charge is 2.46. The van der Waals surface area contributed by atoms with Crippen molar-refractivity contribution >= 4 is 23.0 Å². The molecule has 1 fully saturated rings. The molecule has 236 valence electrons. The molecular formula is C30H26O15. The van der Waals surface area contributed by atoms with Crippen molar-refractivity contribution in [3.8, 4) is 51.6 Å². The van der Waals surface area contributed by atoms with E-state index in [0.29, 0.717) is 5.56 Å². The molecule has 2 heterocycles. The molecule has 0 saturated carbocycles. The van der Waals surface area contributed by atoms with Crippen LogP contribution in [-0.2, 0) is 14.3 Å². The molecule has 1 saturated heterocycles. The van der Waals surface area contributed by atoms with Crippen LogP contribution >= 0.6 is 0 Å². The highest BCUT2D eigenvalue weighted by molar-refractivity contribution is 5.91. The normalized spacial score (nSPS) is 21.6. The Hall–Kier alpha value is -5.48. The van der Waals surface area contributed by atoms with E-state index in [2.05, 4.69) is 0 Å². The van der Waals surface area contributed by atoms with Gasteiger partial charge >= 0.3 is 5.97 Å². The second-order valence-corrected chi connectivity index (χ2v) is 9.94. The van der Waals surface area contributed by atoms with Crippen LogP contribution < -0.4 is 10.2 Å². The number of fused-ring (bicyclic) bond motifs is 1. The summed E-state index contributed by atoms with van der Waals surface area (Å²) in [5, 5.41) is 90.7. The first-order valence-electron chi connectivity index (χ1n) is 13.1. The molecule has 15 heteroatoms. The Kier molecular flexibility index (Phi) is 8.43. The summed E-state index contributed by atoms with van der Waals surface area (Å²) in [5.74, 6) is -5.69. The lowest BCUT2D eigenvalue weighted by atomic mass is 9.99. The van der Waals surface area contributed by atoms with E-state index in [0.717, 1.165) is 12.1 Å². The number of phenols is 5. The second kappa shape index (κ2) is 12.3. The maximum absolute atomic E-state index is 12.9. The molecule has 4 aromatic rings. The molecule has 9 N–H and O–H groups in total. The van der Waals surface area contributed by atoms with Crippen molar-refractivity contribution in [3.63, 3.8) is 0 Å². The minimum absolute atomic E-state index is 0.0993. The molecular weight excluding hydrogens is 600 g/mol. The zero-order chi connectivity index (χ0) is 32.6. The van der Waals surface area contributed by atoms with Crippen molar-refractivity contribution < 1.29 is 69.4 Å². The molecule has 15 nitrogen and oxygen atoms in total. The SMILES string of the molecule is O=C(C=Cc1ccc(O)c(O)c1)OC[C@@H]1O[C@H](Oc2cc3oc(-c4ccc(O)cc4)c(O)c(=O)c3c(O)c2O)[C@@H](O)[C@H](O)[C@H]1O. The van der Waals surface area contributed by atoms with Gasteiger partial charge < -0.3 is 64.6 Å². The number of hydrogen-bond donors (Lipinski definition) is 9. The highest BCUT2D eigenvalue weighted by atomic mass is 16.7. The Morgan fingerprint density at radius 1 is 0.822 bits per heavy atom. The average molecular weight is 627 g/mol. The van der Waals surface area contributed by atoms with Crippen molar-refractivity contribution in [2.45, 2.75) is 30.7 Å². The van der Waals surface area contributed by atoms with Gasteiger partial charge in [0.2, 0.25) is 23.2 Å². The summed E-state index contributed by atoms with van der Waals surface area (Å²) in [5.41, 5.74) is -0.959. The summed E-state index contributed by atoms with van der Waals surface area (Å²) in [7, 11) is 0. The highest BCUT2D eigenvalue weighted by Crippen LogP contribution is 2.44. The van der Waals surface area contributed by atoms with E-state index in [1.165, 1.54) is 48.5 Å². The van der Waals surface area contributed by atoms with Crippen LogP contribution in [0.25, 0.3) is 28.4 Å². The summed E-state index contributed by atoms with van der Waals surface area (Å²) < 4.78 is 21.6. The van der Waals surface area contributed by atoms with E-state index in [1.807, 2.05) is 0 Å². The number of aliphatic hydroxyl groups excluding tert-OH is 3. The zero-order valence-electron chi connectivity index (χ0n) is 22.8. The Morgan fingerprint density at radius 3 is 2.22 bits per heavy atom. The summed E-state index contributed by atoms with van der Waals surface area (Å²) in [6.45, 7) is -0.645. The number of phenolic OH excluding ortho intramolecular Hbond substituents is 5. The van der Waals surface area contributed by atoms with Crippen LogP contribution in [-0.4, -0.2) is 89.2 Å². The van der Waals surface area contributed by atoms with Crippen LogP contribution in [0.4, 0.5) is 0 Å². The first-order valence-corrected chi connectivity index (χ1v) is 13.1. The van der Waals surface area contributed by atoms with E-state index in [1.54, 1.807) is 0 Å². The lowest BCUT2D eigenvalue weighted by molar-refractivity contribution is -0.278. The molecule has 5 atom stereocenters. The van der Waals surface area contributed by atoms with Crippen molar-refractivity contribution in [1.29, 1.82) is 0 Å². The fraction of sp³-hybridized carbons (Fsp3) is 0.200. The Labute approximate surface area is 251 Å². The molecule has 1 aliphatic rings. The zero-order valence-corrected chi connectivity index (χ0v) is 22.8. The summed E-state index contributed by atoms with van der Waals surface area (Å²) in [6.07, 6.45) is -6.63. The second-order valence-electron chi connectivity index (χ2n) is 9.94. The quantitative estimate of drug-likeness (QED) is 0.0791. The summed E-state index contributed by atoms with van der Waals surface area (Å²) >= 11 is 0. The van der Waals surface area contributed by atoms with Gasteiger partial charge in [0.1, 0.15) is 47.7 Å². The lowest BCUT2D eigenvalue weighted by Crippen LogP contribution is -2.60. The van der Waals surface area contributed by atoms with Crippen molar-refractivity contribution in [1.82, 2.24) is 0 Å². The van der Waals surface area contributed by atoms with Crippen LogP contribution in [0.3, 0.4) is 0 Å². The molecule has 0 unspecified atom stereocenters. The molecule has 0 bridgehead atoms. The largest absolute Gasteiger partial charge is 0.508 e. The maximum atomic E-state index is 12.9. The number of carbonyl (C=O) groups is 1. The number of hydrogen-bond acceptors (Lipinski definition) is 15. The van der Waals surface area contributed by atoms with E-state index >= 15 is 0 Å². The number of rotatable bonds is 7. The molecule has 0 radical (unpaired) electrons. The molecule has 1 aromatic heterocycles. The third-order valence-corrected chi connectivity index (χ3v) is 6.91. The number of aliphatic hydroxyl groups is 3. The van der Waals surface area contributed by atoms with E-state index in [-0.39, 0.29) is 28.4 Å². The van der Waals surface area contributed by atoms with Gasteiger partial charge in [0.15, 0.2) is 28.8 Å². The molecule has 0 aliphatic carbocycles. The van der Waals surface area contributed by atoms with Gasteiger partial charge in [0.05, 0.1) is 0 Å². The Morgan fingerprint density at radius 2 is 1.53 bits per heavy atom. The smallest absolute Gasteiger partial charge is 0.330 e. The van der Waals surface area contributed by atoms with Gasteiger partial charge in [-0.2, -0.15) is 0 Å². The molecule has 0 amide bonds. The number of ether oxygens (including phenoxy) is 3. The first-order chi connectivity index (χ1) is 21.3. The molecule has 3 aromatic carbocycles. The molecule has 45 heavy (non-hydrogen) atoms. The predicted molar refractivity (Wildman–Crippen MR) is 152 cm³/mol. The molecule has 0 spiro atoms. The summed E-state index contributed by atoms with van der Waals surface area (Å²) in [4.78, 5) is 25.1. The lowest BCUT2D eigenvalue weighted by Gasteiger charge is -2.39. The predicted octanol–water partition coefficient (Wildman–Crippen LogP) is 1.14. The van der Waals surface area contributed by atoms with Crippen LogP contribution in [0.2, 0.25) is 0 Å². The van der Waals surface area contributed by atoms with Crippen molar-refractivity contribution in [2.24, 2.45) is 0 Å². The van der Waals surface area contributed by atoms with Crippen LogP contribution in [0.1, 0.15) is 5.56 Å². The van der Waals surface area contributed by atoms with Gasteiger partial charge in [-0.05, 0) is 48.0 Å². The fourth-order valence-corrected chi connectivity index (χ4v) is 4.49.